The quantitative estimate of drug-likeness (QED) is 0.342. The summed E-state index contributed by atoms with van der Waals surface area (Å²) in [5, 5.41) is 23.9. The van der Waals surface area contributed by atoms with E-state index in [4.69, 9.17) is 9.15 Å². The predicted molar refractivity (Wildman–Crippen MR) is 132 cm³/mol. The van der Waals surface area contributed by atoms with E-state index in [1.165, 1.54) is 11.1 Å². The Hall–Kier alpha value is -3.47. The Bertz CT molecular complexity index is 1320. The molecule has 1 atom stereocenters. The van der Waals surface area contributed by atoms with Crippen LogP contribution in [0.5, 0.6) is 5.75 Å². The van der Waals surface area contributed by atoms with Crippen molar-refractivity contribution >= 4 is 11.3 Å². The van der Waals surface area contributed by atoms with Gasteiger partial charge in [0.25, 0.3) is 0 Å². The summed E-state index contributed by atoms with van der Waals surface area (Å²) in [6.45, 7) is 4.61. The molecule has 0 amide bonds. The standard InChI is InChI=1S/C27H26N4O2S/c1-17(2)33-25-12-11-18(14-19(25)15-28)26-30-31-27(34-26)23-9-3-8-22-21(23)7-4-10-24(22)29-16-20-6-5-13-32-20/h3,5-6,8-9,11-14,17,24,29H,4,7,10,16H2,1-2H3/t24-/m0/s1. The van der Waals surface area contributed by atoms with Crippen molar-refractivity contribution in [1.82, 2.24) is 15.5 Å². The van der Waals surface area contributed by atoms with Crippen LogP contribution in [-0.4, -0.2) is 16.3 Å². The number of ether oxygens (including phenoxy) is 1. The largest absolute Gasteiger partial charge is 0.490 e. The Balaban J connectivity index is 1.42. The number of rotatable bonds is 7. The monoisotopic (exact) mass is 470 g/mol. The average molecular weight is 471 g/mol. The van der Waals surface area contributed by atoms with E-state index < -0.39 is 0 Å². The topological polar surface area (TPSA) is 84.0 Å². The van der Waals surface area contributed by atoms with Gasteiger partial charge in [-0.15, -0.1) is 10.2 Å². The number of benzene rings is 2. The molecule has 4 aromatic rings. The van der Waals surface area contributed by atoms with Gasteiger partial charge >= 0.3 is 0 Å². The van der Waals surface area contributed by atoms with E-state index in [0.717, 1.165) is 46.2 Å². The van der Waals surface area contributed by atoms with Gasteiger partial charge in [0.05, 0.1) is 24.5 Å². The van der Waals surface area contributed by atoms with Gasteiger partial charge in [0.1, 0.15) is 27.6 Å². The van der Waals surface area contributed by atoms with Crippen molar-refractivity contribution in [2.45, 2.75) is 51.8 Å². The SMILES string of the molecule is CC(C)Oc1ccc(-c2nnc(-c3cccc4c3CCC[C@@H]4NCc3ccco3)s2)cc1C#N. The maximum Gasteiger partial charge on any atom is 0.148 e. The summed E-state index contributed by atoms with van der Waals surface area (Å²) in [6, 6.07) is 18.5. The Labute approximate surface area is 203 Å². The molecule has 0 fully saturated rings. The van der Waals surface area contributed by atoms with Crippen LogP contribution in [0.25, 0.3) is 21.1 Å². The van der Waals surface area contributed by atoms with Crippen LogP contribution in [0.3, 0.4) is 0 Å². The zero-order valence-corrected chi connectivity index (χ0v) is 20.1. The number of aromatic nitrogens is 2. The number of hydrogen-bond donors (Lipinski definition) is 1. The fraction of sp³-hybridized carbons (Fsp3) is 0.296. The number of nitrogens with zero attached hydrogens (tertiary/aromatic N) is 3. The first-order valence-corrected chi connectivity index (χ1v) is 12.4. The maximum atomic E-state index is 9.57. The van der Waals surface area contributed by atoms with Crippen LogP contribution in [0, 0.1) is 11.3 Å². The Kier molecular flexibility index (Phi) is 6.43. The van der Waals surface area contributed by atoms with E-state index >= 15 is 0 Å². The first kappa shape index (κ1) is 22.3. The first-order valence-electron chi connectivity index (χ1n) is 11.5. The lowest BCUT2D eigenvalue weighted by Crippen LogP contribution is -2.25. The number of hydrogen-bond acceptors (Lipinski definition) is 7. The van der Waals surface area contributed by atoms with E-state index in [2.05, 4.69) is 39.8 Å². The van der Waals surface area contributed by atoms with Crippen molar-refractivity contribution in [3.63, 3.8) is 0 Å². The highest BCUT2D eigenvalue weighted by atomic mass is 32.1. The number of fused-ring (bicyclic) bond motifs is 1. The molecule has 1 N–H and O–H groups in total. The van der Waals surface area contributed by atoms with E-state index in [-0.39, 0.29) is 12.1 Å². The lowest BCUT2D eigenvalue weighted by atomic mass is 9.85. The summed E-state index contributed by atoms with van der Waals surface area (Å²) in [4.78, 5) is 0. The summed E-state index contributed by atoms with van der Waals surface area (Å²) in [5.74, 6) is 1.54. The Morgan fingerprint density at radius 1 is 1.18 bits per heavy atom. The third-order valence-electron chi connectivity index (χ3n) is 5.98. The molecular formula is C27H26N4O2S. The molecule has 172 valence electrons. The fourth-order valence-corrected chi connectivity index (χ4v) is 5.35. The Morgan fingerprint density at radius 2 is 2.06 bits per heavy atom. The van der Waals surface area contributed by atoms with Gasteiger partial charge in [-0.3, -0.25) is 0 Å². The van der Waals surface area contributed by atoms with Crippen LogP contribution >= 0.6 is 11.3 Å². The zero-order chi connectivity index (χ0) is 23.5. The molecule has 0 aliphatic heterocycles. The summed E-state index contributed by atoms with van der Waals surface area (Å²) >= 11 is 1.56. The van der Waals surface area contributed by atoms with Gasteiger partial charge in [-0.1, -0.05) is 29.5 Å². The smallest absolute Gasteiger partial charge is 0.148 e. The molecule has 6 nitrogen and oxygen atoms in total. The summed E-state index contributed by atoms with van der Waals surface area (Å²) in [6.07, 6.45) is 4.96. The van der Waals surface area contributed by atoms with Crippen LogP contribution in [0.1, 0.15) is 55.2 Å². The van der Waals surface area contributed by atoms with Crippen molar-refractivity contribution in [2.75, 3.05) is 0 Å². The van der Waals surface area contributed by atoms with Crippen LogP contribution in [0.15, 0.2) is 59.2 Å². The molecule has 0 saturated heterocycles. The summed E-state index contributed by atoms with van der Waals surface area (Å²) in [7, 11) is 0. The van der Waals surface area contributed by atoms with Gasteiger partial charge in [0.15, 0.2) is 0 Å². The van der Waals surface area contributed by atoms with Gasteiger partial charge in [-0.2, -0.15) is 5.26 Å². The minimum Gasteiger partial charge on any atom is -0.490 e. The molecule has 7 heteroatoms. The zero-order valence-electron chi connectivity index (χ0n) is 19.2. The molecule has 2 aromatic carbocycles. The molecule has 0 saturated carbocycles. The molecule has 2 aromatic heterocycles. The molecule has 1 aliphatic carbocycles. The molecule has 1 aliphatic rings. The first-order chi connectivity index (χ1) is 16.6. The van der Waals surface area contributed by atoms with E-state index in [1.54, 1.807) is 17.6 Å². The van der Waals surface area contributed by atoms with Gasteiger partial charge in [-0.05, 0) is 74.6 Å². The van der Waals surface area contributed by atoms with Crippen LogP contribution in [0.4, 0.5) is 0 Å². The van der Waals surface area contributed by atoms with Crippen molar-refractivity contribution < 1.29 is 9.15 Å². The molecule has 0 unspecified atom stereocenters. The number of nitriles is 1. The minimum absolute atomic E-state index is 0.00716. The molecule has 0 spiro atoms. The maximum absolute atomic E-state index is 9.57. The second-order valence-electron chi connectivity index (χ2n) is 8.68. The highest BCUT2D eigenvalue weighted by Crippen LogP contribution is 2.39. The highest BCUT2D eigenvalue weighted by molar-refractivity contribution is 7.17. The van der Waals surface area contributed by atoms with Gasteiger partial charge in [-0.25, -0.2) is 0 Å². The third kappa shape index (κ3) is 4.60. The van der Waals surface area contributed by atoms with Crippen LogP contribution in [0.2, 0.25) is 0 Å². The van der Waals surface area contributed by atoms with Crippen LogP contribution < -0.4 is 10.1 Å². The second-order valence-corrected chi connectivity index (χ2v) is 9.66. The van der Waals surface area contributed by atoms with Gasteiger partial charge in [0, 0.05) is 17.2 Å². The minimum atomic E-state index is 0.00716. The van der Waals surface area contributed by atoms with E-state index in [0.29, 0.717) is 17.9 Å². The van der Waals surface area contributed by atoms with Crippen molar-refractivity contribution in [2.24, 2.45) is 0 Å². The van der Waals surface area contributed by atoms with Crippen molar-refractivity contribution in [3.8, 4) is 33.0 Å². The molecule has 5 rings (SSSR count). The molecule has 2 heterocycles. The highest BCUT2D eigenvalue weighted by Gasteiger charge is 2.24. The van der Waals surface area contributed by atoms with Crippen molar-refractivity contribution in [3.05, 3.63) is 77.2 Å². The molecule has 0 radical (unpaired) electrons. The van der Waals surface area contributed by atoms with E-state index in [9.17, 15) is 5.26 Å². The predicted octanol–water partition coefficient (Wildman–Crippen LogP) is 6.29. The summed E-state index contributed by atoms with van der Waals surface area (Å²) < 4.78 is 11.2. The van der Waals surface area contributed by atoms with Gasteiger partial charge in [0.2, 0.25) is 0 Å². The van der Waals surface area contributed by atoms with Crippen molar-refractivity contribution in [1.29, 1.82) is 5.26 Å². The van der Waals surface area contributed by atoms with E-state index in [1.807, 2.05) is 44.2 Å². The fourth-order valence-electron chi connectivity index (χ4n) is 4.45. The molecular weight excluding hydrogens is 444 g/mol. The number of furan rings is 1. The Morgan fingerprint density at radius 3 is 2.85 bits per heavy atom. The lowest BCUT2D eigenvalue weighted by Gasteiger charge is -2.27. The molecule has 34 heavy (non-hydrogen) atoms. The normalized spacial score (nSPS) is 15.2. The number of nitrogens with one attached hydrogen (secondary N) is 1. The lowest BCUT2D eigenvalue weighted by molar-refractivity contribution is 0.242. The second kappa shape index (κ2) is 9.80. The van der Waals surface area contributed by atoms with Gasteiger partial charge < -0.3 is 14.5 Å². The average Bonchev–Trinajstić information content (AvgIpc) is 3.55. The third-order valence-corrected chi connectivity index (χ3v) is 6.98. The molecule has 0 bridgehead atoms. The van der Waals surface area contributed by atoms with Crippen LogP contribution in [-0.2, 0) is 13.0 Å². The summed E-state index contributed by atoms with van der Waals surface area (Å²) in [5.41, 5.74) is 5.19.